The van der Waals surface area contributed by atoms with Gasteiger partial charge in [0.1, 0.15) is 0 Å². The Kier molecular flexibility index (Phi) is 5.03. The first-order valence-electron chi connectivity index (χ1n) is 7.28. The molecule has 2 heterocycles. The van der Waals surface area contributed by atoms with E-state index in [0.29, 0.717) is 10.4 Å². The van der Waals surface area contributed by atoms with E-state index >= 15 is 0 Å². The topological polar surface area (TPSA) is 54.4 Å². The van der Waals surface area contributed by atoms with Crippen LogP contribution in [-0.2, 0) is 11.2 Å². The highest BCUT2D eigenvalue weighted by atomic mass is 32.1. The van der Waals surface area contributed by atoms with Crippen LogP contribution in [0.1, 0.15) is 20.1 Å². The Morgan fingerprint density at radius 3 is 2.50 bits per heavy atom. The lowest BCUT2D eigenvalue weighted by Crippen LogP contribution is -2.05. The summed E-state index contributed by atoms with van der Waals surface area (Å²) in [5.74, 6) is -1.10. The van der Waals surface area contributed by atoms with Gasteiger partial charge in [-0.15, -0.1) is 22.7 Å². The zero-order valence-corrected chi connectivity index (χ0v) is 14.3. The third-order valence-corrected chi connectivity index (χ3v) is 5.30. The van der Waals surface area contributed by atoms with Crippen LogP contribution in [0.4, 0.5) is 0 Å². The van der Waals surface area contributed by atoms with Crippen molar-refractivity contribution < 1.29 is 14.7 Å². The summed E-state index contributed by atoms with van der Waals surface area (Å²) in [5, 5.41) is 13.3. The highest BCUT2D eigenvalue weighted by Gasteiger charge is 2.20. The van der Waals surface area contributed by atoms with Gasteiger partial charge in [0.2, 0.25) is 0 Å². The second-order valence-corrected chi connectivity index (χ2v) is 7.05. The number of thiophene rings is 2. The SMILES string of the molecule is O=C(/C=C/c1cccs1)Cc1scc(-c2ccccc2)c1C(=O)O. The average Bonchev–Trinajstić information content (AvgIpc) is 3.23. The Labute approximate surface area is 147 Å². The first-order valence-corrected chi connectivity index (χ1v) is 9.04. The van der Waals surface area contributed by atoms with E-state index in [1.54, 1.807) is 17.4 Å². The predicted octanol–water partition coefficient (Wildman–Crippen LogP) is 5.00. The van der Waals surface area contributed by atoms with Crippen molar-refractivity contribution in [2.45, 2.75) is 6.42 Å². The van der Waals surface area contributed by atoms with Crippen LogP contribution < -0.4 is 0 Å². The fourth-order valence-electron chi connectivity index (χ4n) is 2.37. The van der Waals surface area contributed by atoms with Crippen molar-refractivity contribution in [1.29, 1.82) is 0 Å². The molecule has 0 aliphatic heterocycles. The number of rotatable bonds is 6. The molecule has 3 nitrogen and oxygen atoms in total. The minimum absolute atomic E-state index is 0.0982. The second kappa shape index (κ2) is 7.38. The van der Waals surface area contributed by atoms with Crippen molar-refractivity contribution in [2.75, 3.05) is 0 Å². The highest BCUT2D eigenvalue weighted by Crippen LogP contribution is 2.32. The van der Waals surface area contributed by atoms with Gasteiger partial charge >= 0.3 is 5.97 Å². The molecule has 0 amide bonds. The van der Waals surface area contributed by atoms with Crippen LogP contribution in [0.25, 0.3) is 17.2 Å². The van der Waals surface area contributed by atoms with Gasteiger partial charge in [0.15, 0.2) is 5.78 Å². The first kappa shape index (κ1) is 16.4. The number of hydrogen-bond acceptors (Lipinski definition) is 4. The summed E-state index contributed by atoms with van der Waals surface area (Å²) in [6.07, 6.45) is 3.37. The van der Waals surface area contributed by atoms with E-state index in [2.05, 4.69) is 0 Å². The largest absolute Gasteiger partial charge is 0.478 e. The summed E-state index contributed by atoms with van der Waals surface area (Å²) in [6, 6.07) is 13.2. The minimum atomic E-state index is -1.000. The summed E-state index contributed by atoms with van der Waals surface area (Å²) in [5.41, 5.74) is 1.74. The lowest BCUT2D eigenvalue weighted by Gasteiger charge is -2.02. The average molecular weight is 354 g/mol. The molecule has 0 unspecified atom stereocenters. The zero-order valence-electron chi connectivity index (χ0n) is 12.6. The molecule has 0 fully saturated rings. The van der Waals surface area contributed by atoms with Gasteiger partial charge in [0, 0.05) is 21.7 Å². The third-order valence-electron chi connectivity index (χ3n) is 3.48. The molecule has 1 N–H and O–H groups in total. The zero-order chi connectivity index (χ0) is 16.9. The van der Waals surface area contributed by atoms with Gasteiger partial charge < -0.3 is 5.11 Å². The normalized spacial score (nSPS) is 11.0. The van der Waals surface area contributed by atoms with Crippen LogP contribution in [0, 0.1) is 0 Å². The van der Waals surface area contributed by atoms with Gasteiger partial charge in [-0.3, -0.25) is 4.79 Å². The molecule has 0 saturated carbocycles. The summed E-state index contributed by atoms with van der Waals surface area (Å²) < 4.78 is 0. The summed E-state index contributed by atoms with van der Waals surface area (Å²) in [4.78, 5) is 25.4. The lowest BCUT2D eigenvalue weighted by atomic mass is 10.0. The number of aromatic carboxylic acids is 1. The van der Waals surface area contributed by atoms with Crippen molar-refractivity contribution in [3.63, 3.8) is 0 Å². The molecule has 3 rings (SSSR count). The molecule has 24 heavy (non-hydrogen) atoms. The van der Waals surface area contributed by atoms with Crippen molar-refractivity contribution in [3.05, 3.63) is 74.6 Å². The molecular weight excluding hydrogens is 340 g/mol. The quantitative estimate of drug-likeness (QED) is 0.634. The highest BCUT2D eigenvalue weighted by molar-refractivity contribution is 7.11. The molecule has 0 aliphatic rings. The molecule has 0 aliphatic carbocycles. The second-order valence-electron chi connectivity index (χ2n) is 5.11. The Balaban J connectivity index is 1.85. The Hall–Kier alpha value is -2.50. The number of carboxylic acids is 1. The number of allylic oxidation sites excluding steroid dienone is 1. The van der Waals surface area contributed by atoms with Crippen molar-refractivity contribution in [1.82, 2.24) is 0 Å². The smallest absolute Gasteiger partial charge is 0.337 e. The van der Waals surface area contributed by atoms with E-state index in [0.717, 1.165) is 10.4 Å². The van der Waals surface area contributed by atoms with Crippen LogP contribution in [0.15, 0.2) is 59.3 Å². The molecule has 5 heteroatoms. The van der Waals surface area contributed by atoms with E-state index < -0.39 is 5.97 Å². The fourth-order valence-corrected chi connectivity index (χ4v) is 4.04. The van der Waals surface area contributed by atoms with Gasteiger partial charge in [-0.1, -0.05) is 36.4 Å². The van der Waals surface area contributed by atoms with Crippen molar-refractivity contribution in [2.24, 2.45) is 0 Å². The maximum atomic E-state index is 12.2. The number of carbonyl (C=O) groups is 2. The number of benzene rings is 1. The van der Waals surface area contributed by atoms with Crippen LogP contribution >= 0.6 is 22.7 Å². The van der Waals surface area contributed by atoms with E-state index in [9.17, 15) is 14.7 Å². The molecule has 1 aromatic carbocycles. The Morgan fingerprint density at radius 2 is 1.83 bits per heavy atom. The number of ketones is 1. The third kappa shape index (κ3) is 3.69. The molecule has 120 valence electrons. The first-order chi connectivity index (χ1) is 11.6. The number of hydrogen-bond donors (Lipinski definition) is 1. The number of carboxylic acid groups (broad SMARTS) is 1. The molecule has 2 aromatic heterocycles. The maximum Gasteiger partial charge on any atom is 0.337 e. The van der Waals surface area contributed by atoms with Crippen LogP contribution in [0.2, 0.25) is 0 Å². The van der Waals surface area contributed by atoms with Gasteiger partial charge in [-0.25, -0.2) is 4.79 Å². The molecule has 0 atom stereocenters. The monoisotopic (exact) mass is 354 g/mol. The number of carbonyl (C=O) groups excluding carboxylic acids is 1. The lowest BCUT2D eigenvalue weighted by molar-refractivity contribution is -0.113. The van der Waals surface area contributed by atoms with Gasteiger partial charge in [-0.2, -0.15) is 0 Å². The molecule has 0 spiro atoms. The molecule has 0 bridgehead atoms. The molecule has 0 saturated heterocycles. The molecule has 3 aromatic rings. The van der Waals surface area contributed by atoms with Crippen molar-refractivity contribution in [3.8, 4) is 11.1 Å². The van der Waals surface area contributed by atoms with Gasteiger partial charge in [0.05, 0.1) is 5.56 Å². The van der Waals surface area contributed by atoms with Crippen LogP contribution in [0.3, 0.4) is 0 Å². The molecular formula is C19H14O3S2. The van der Waals surface area contributed by atoms with E-state index in [1.807, 2.05) is 53.2 Å². The molecule has 0 radical (unpaired) electrons. The van der Waals surface area contributed by atoms with Crippen LogP contribution in [0.5, 0.6) is 0 Å². The van der Waals surface area contributed by atoms with Crippen LogP contribution in [-0.4, -0.2) is 16.9 Å². The minimum Gasteiger partial charge on any atom is -0.478 e. The maximum absolute atomic E-state index is 12.2. The van der Waals surface area contributed by atoms with E-state index in [-0.39, 0.29) is 17.8 Å². The predicted molar refractivity (Wildman–Crippen MR) is 98.8 cm³/mol. The van der Waals surface area contributed by atoms with Crippen molar-refractivity contribution >= 4 is 40.5 Å². The van der Waals surface area contributed by atoms with E-state index in [1.165, 1.54) is 17.4 Å². The van der Waals surface area contributed by atoms with E-state index in [4.69, 9.17) is 0 Å². The summed E-state index contributed by atoms with van der Waals surface area (Å²) in [6.45, 7) is 0. The van der Waals surface area contributed by atoms with Gasteiger partial charge in [0.25, 0.3) is 0 Å². The fraction of sp³-hybridized carbons (Fsp3) is 0.0526. The Morgan fingerprint density at radius 1 is 1.04 bits per heavy atom. The summed E-state index contributed by atoms with van der Waals surface area (Å²) in [7, 11) is 0. The Bertz CT molecular complexity index is 875. The summed E-state index contributed by atoms with van der Waals surface area (Å²) >= 11 is 2.87. The standard InChI is InChI=1S/C19H14O3S2/c20-14(8-9-15-7-4-10-23-15)11-17-18(19(21)22)16(12-24-17)13-5-2-1-3-6-13/h1-10,12H,11H2,(H,21,22)/b9-8+. The van der Waals surface area contributed by atoms with Gasteiger partial charge in [-0.05, 0) is 34.5 Å².